The van der Waals surface area contributed by atoms with Crippen LogP contribution >= 0.6 is 0 Å². The summed E-state index contributed by atoms with van der Waals surface area (Å²) in [6.07, 6.45) is 3.79. The summed E-state index contributed by atoms with van der Waals surface area (Å²) in [6.45, 7) is 7.04. The van der Waals surface area contributed by atoms with Gasteiger partial charge in [-0.2, -0.15) is 0 Å². The first-order valence-corrected chi connectivity index (χ1v) is 8.81. The molecule has 0 bridgehead atoms. The zero-order chi connectivity index (χ0) is 17.5. The topological polar surface area (TPSA) is 57.7 Å². The van der Waals surface area contributed by atoms with Crippen molar-refractivity contribution in [1.82, 2.24) is 15.2 Å². The summed E-state index contributed by atoms with van der Waals surface area (Å²) < 4.78 is 5.72. The molecule has 0 aliphatic carbocycles. The summed E-state index contributed by atoms with van der Waals surface area (Å²) in [4.78, 5) is 21.3. The summed E-state index contributed by atoms with van der Waals surface area (Å²) >= 11 is 0. The standard InChI is InChI=1S/C18H30N4O2/c1-5-15-13-22(10-11-24-15)16(6-2)18(23)20-12-14-8-7-9-19-17(14)21(3)4/h7-9,15-16H,5-6,10-13H2,1-4H3,(H,20,23)/t15-,16-/m0/s1. The molecule has 0 saturated carbocycles. The van der Waals surface area contributed by atoms with E-state index in [-0.39, 0.29) is 18.1 Å². The fraction of sp³-hybridized carbons (Fsp3) is 0.667. The van der Waals surface area contributed by atoms with Crippen LogP contribution in [0.15, 0.2) is 18.3 Å². The first kappa shape index (κ1) is 18.7. The van der Waals surface area contributed by atoms with Crippen LogP contribution in [-0.4, -0.2) is 61.7 Å². The minimum Gasteiger partial charge on any atom is -0.376 e. The van der Waals surface area contributed by atoms with Gasteiger partial charge in [0.25, 0.3) is 0 Å². The van der Waals surface area contributed by atoms with Crippen LogP contribution in [0.25, 0.3) is 0 Å². The van der Waals surface area contributed by atoms with E-state index in [9.17, 15) is 4.79 Å². The Kier molecular flexibility index (Phi) is 6.99. The lowest BCUT2D eigenvalue weighted by atomic mass is 10.1. The van der Waals surface area contributed by atoms with Crippen molar-refractivity contribution in [2.75, 3.05) is 38.7 Å². The predicted molar refractivity (Wildman–Crippen MR) is 96.1 cm³/mol. The zero-order valence-corrected chi connectivity index (χ0v) is 15.3. The molecule has 6 heteroatoms. The lowest BCUT2D eigenvalue weighted by molar-refractivity contribution is -0.130. The van der Waals surface area contributed by atoms with Crippen molar-refractivity contribution in [3.63, 3.8) is 0 Å². The van der Waals surface area contributed by atoms with Gasteiger partial charge in [0.15, 0.2) is 0 Å². The summed E-state index contributed by atoms with van der Waals surface area (Å²) in [5, 5.41) is 3.09. The Labute approximate surface area is 145 Å². The lowest BCUT2D eigenvalue weighted by Crippen LogP contribution is -2.53. The second-order valence-electron chi connectivity index (χ2n) is 6.42. The SMILES string of the molecule is CC[C@H]1CN([C@@H](CC)C(=O)NCc2cccnc2N(C)C)CCO1. The van der Waals surface area contributed by atoms with E-state index < -0.39 is 0 Å². The molecule has 1 aliphatic heterocycles. The van der Waals surface area contributed by atoms with Gasteiger partial charge in [0, 0.05) is 45.5 Å². The number of hydrogen-bond donors (Lipinski definition) is 1. The van der Waals surface area contributed by atoms with E-state index in [2.05, 4.69) is 29.0 Å². The maximum atomic E-state index is 12.7. The molecule has 1 aromatic heterocycles. The quantitative estimate of drug-likeness (QED) is 0.822. The number of ether oxygens (including phenoxy) is 1. The van der Waals surface area contributed by atoms with E-state index in [0.717, 1.165) is 37.3 Å². The maximum absolute atomic E-state index is 12.7. The van der Waals surface area contributed by atoms with Crippen molar-refractivity contribution in [1.29, 1.82) is 0 Å². The van der Waals surface area contributed by atoms with Crippen LogP contribution < -0.4 is 10.2 Å². The first-order chi connectivity index (χ1) is 11.6. The molecule has 0 spiro atoms. The third-order valence-electron chi connectivity index (χ3n) is 4.50. The van der Waals surface area contributed by atoms with Crippen LogP contribution in [0.4, 0.5) is 5.82 Å². The molecule has 2 atom stereocenters. The molecule has 1 aliphatic rings. The predicted octanol–water partition coefficient (Wildman–Crippen LogP) is 1.65. The van der Waals surface area contributed by atoms with Gasteiger partial charge < -0.3 is 15.0 Å². The molecule has 24 heavy (non-hydrogen) atoms. The van der Waals surface area contributed by atoms with Crippen molar-refractivity contribution in [2.24, 2.45) is 0 Å². The van der Waals surface area contributed by atoms with E-state index in [0.29, 0.717) is 13.2 Å². The third-order valence-corrected chi connectivity index (χ3v) is 4.50. The highest BCUT2D eigenvalue weighted by Gasteiger charge is 2.29. The Bertz CT molecular complexity index is 536. The molecule has 1 amide bonds. The molecule has 1 N–H and O–H groups in total. The maximum Gasteiger partial charge on any atom is 0.237 e. The molecule has 134 valence electrons. The van der Waals surface area contributed by atoms with Crippen LogP contribution in [-0.2, 0) is 16.1 Å². The minimum atomic E-state index is -0.0950. The number of rotatable bonds is 7. The number of carbonyl (C=O) groups excluding carboxylic acids is 1. The number of nitrogens with one attached hydrogen (secondary N) is 1. The van der Waals surface area contributed by atoms with Gasteiger partial charge in [0.2, 0.25) is 5.91 Å². The largest absolute Gasteiger partial charge is 0.376 e. The molecule has 1 fully saturated rings. The number of carbonyl (C=O) groups is 1. The lowest BCUT2D eigenvalue weighted by Gasteiger charge is -2.37. The number of morpholine rings is 1. The van der Waals surface area contributed by atoms with Crippen molar-refractivity contribution in [3.05, 3.63) is 23.9 Å². The van der Waals surface area contributed by atoms with Gasteiger partial charge in [0.05, 0.1) is 18.8 Å². The van der Waals surface area contributed by atoms with E-state index in [1.807, 2.05) is 31.1 Å². The number of hydrogen-bond acceptors (Lipinski definition) is 5. The van der Waals surface area contributed by atoms with Crippen molar-refractivity contribution in [3.8, 4) is 0 Å². The zero-order valence-electron chi connectivity index (χ0n) is 15.3. The number of amides is 1. The number of aromatic nitrogens is 1. The second kappa shape index (κ2) is 8.99. The van der Waals surface area contributed by atoms with Crippen molar-refractivity contribution in [2.45, 2.75) is 45.4 Å². The Morgan fingerprint density at radius 1 is 1.50 bits per heavy atom. The summed E-state index contributed by atoms with van der Waals surface area (Å²) in [7, 11) is 3.92. The molecule has 1 aromatic rings. The molecule has 1 saturated heterocycles. The normalized spacial score (nSPS) is 19.8. The first-order valence-electron chi connectivity index (χ1n) is 8.81. The van der Waals surface area contributed by atoms with Gasteiger partial charge in [-0.15, -0.1) is 0 Å². The van der Waals surface area contributed by atoms with Crippen LogP contribution in [0, 0.1) is 0 Å². The smallest absolute Gasteiger partial charge is 0.237 e. The second-order valence-corrected chi connectivity index (χ2v) is 6.42. The molecular formula is C18H30N4O2. The minimum absolute atomic E-state index is 0.0859. The van der Waals surface area contributed by atoms with E-state index in [4.69, 9.17) is 4.74 Å². The molecule has 0 unspecified atom stereocenters. The summed E-state index contributed by atoms with van der Waals surface area (Å²) in [5.74, 6) is 0.978. The van der Waals surface area contributed by atoms with Gasteiger partial charge in [-0.1, -0.05) is 19.9 Å². The van der Waals surface area contributed by atoms with Crippen LogP contribution in [0.5, 0.6) is 0 Å². The number of nitrogens with zero attached hydrogens (tertiary/aromatic N) is 3. The number of anilines is 1. The Morgan fingerprint density at radius 2 is 2.29 bits per heavy atom. The van der Waals surface area contributed by atoms with Gasteiger partial charge in [0.1, 0.15) is 5.82 Å². The highest BCUT2D eigenvalue weighted by molar-refractivity contribution is 5.81. The van der Waals surface area contributed by atoms with Crippen LogP contribution in [0.2, 0.25) is 0 Å². The monoisotopic (exact) mass is 334 g/mol. The summed E-state index contributed by atoms with van der Waals surface area (Å²) in [6, 6.07) is 3.81. The van der Waals surface area contributed by atoms with Crippen molar-refractivity contribution < 1.29 is 9.53 Å². The fourth-order valence-electron chi connectivity index (χ4n) is 3.15. The Balaban J connectivity index is 1.97. The van der Waals surface area contributed by atoms with Gasteiger partial charge >= 0.3 is 0 Å². The molecule has 0 radical (unpaired) electrons. The van der Waals surface area contributed by atoms with Crippen LogP contribution in [0.3, 0.4) is 0 Å². The highest BCUT2D eigenvalue weighted by Crippen LogP contribution is 2.16. The van der Waals surface area contributed by atoms with E-state index in [1.54, 1.807) is 6.20 Å². The molecule has 6 nitrogen and oxygen atoms in total. The molecule has 2 rings (SSSR count). The number of pyridine rings is 1. The Morgan fingerprint density at radius 3 is 2.96 bits per heavy atom. The third kappa shape index (κ3) is 4.68. The van der Waals surface area contributed by atoms with E-state index in [1.165, 1.54) is 0 Å². The van der Waals surface area contributed by atoms with Crippen molar-refractivity contribution >= 4 is 11.7 Å². The molecule has 0 aromatic carbocycles. The average molecular weight is 334 g/mol. The van der Waals surface area contributed by atoms with E-state index >= 15 is 0 Å². The Hall–Kier alpha value is -1.66. The molecule has 2 heterocycles. The van der Waals surface area contributed by atoms with Gasteiger partial charge in [-0.3, -0.25) is 9.69 Å². The van der Waals surface area contributed by atoms with Gasteiger partial charge in [-0.05, 0) is 18.9 Å². The fourth-order valence-corrected chi connectivity index (χ4v) is 3.15. The molecular weight excluding hydrogens is 304 g/mol. The highest BCUT2D eigenvalue weighted by atomic mass is 16.5. The van der Waals surface area contributed by atoms with Crippen LogP contribution in [0.1, 0.15) is 32.3 Å². The summed E-state index contributed by atoms with van der Waals surface area (Å²) in [5.41, 5.74) is 1.03. The van der Waals surface area contributed by atoms with Gasteiger partial charge in [-0.25, -0.2) is 4.98 Å². The average Bonchev–Trinajstić information content (AvgIpc) is 2.61.